The number of carboxylic acids is 1. The first-order chi connectivity index (χ1) is 31.0. The predicted molar refractivity (Wildman–Crippen MR) is 237 cm³/mol. The number of hydrogen-bond acceptors (Lipinski definition) is 13. The fourth-order valence-electron chi connectivity index (χ4n) is 7.83. The number of aromatic hydroxyl groups is 2. The molecule has 6 rings (SSSR count). The summed E-state index contributed by atoms with van der Waals surface area (Å²) >= 11 is 1.95. The van der Waals surface area contributed by atoms with Gasteiger partial charge in [0.05, 0.1) is 22.4 Å². The van der Waals surface area contributed by atoms with E-state index in [1.54, 1.807) is 11.1 Å². The number of aliphatic carboxylic acids is 1. The Kier molecular flexibility index (Phi) is 17.3. The predicted octanol–water partition coefficient (Wildman–Crippen LogP) is 3.64. The van der Waals surface area contributed by atoms with Gasteiger partial charge >= 0.3 is 5.97 Å². The van der Waals surface area contributed by atoms with Crippen LogP contribution in [0.25, 0.3) is 11.3 Å². The van der Waals surface area contributed by atoms with Crippen molar-refractivity contribution < 1.29 is 60.6 Å². The Labute approximate surface area is 382 Å². The third-order valence-electron chi connectivity index (χ3n) is 11.3. The maximum Gasteiger partial charge on any atom is 0.321 e. The van der Waals surface area contributed by atoms with Gasteiger partial charge in [-0.1, -0.05) is 30.3 Å². The van der Waals surface area contributed by atoms with Crippen LogP contribution in [0.1, 0.15) is 36.7 Å². The number of amides is 2. The van der Waals surface area contributed by atoms with E-state index in [-0.39, 0.29) is 71.4 Å². The summed E-state index contributed by atoms with van der Waals surface area (Å²) in [7, 11) is -4.91. The molecule has 0 bridgehead atoms. The second kappa shape index (κ2) is 22.6. The molecule has 2 amide bonds. The minimum Gasteiger partial charge on any atom is -0.494 e. The quantitative estimate of drug-likeness (QED) is 0.0338. The number of carbonyl (C=O) groups is 3. The monoisotopic (exact) mass is 967 g/mol. The minimum absolute atomic E-state index is 0.00667. The number of halogens is 3. The van der Waals surface area contributed by atoms with Gasteiger partial charge in [-0.15, -0.1) is 11.8 Å². The van der Waals surface area contributed by atoms with Crippen molar-refractivity contribution in [3.05, 3.63) is 83.8 Å². The summed E-state index contributed by atoms with van der Waals surface area (Å²) in [5, 5.41) is 33.9. The third kappa shape index (κ3) is 13.2. The van der Waals surface area contributed by atoms with Crippen molar-refractivity contribution in [3.8, 4) is 23.0 Å². The van der Waals surface area contributed by atoms with Crippen molar-refractivity contribution in [2.45, 2.75) is 60.8 Å². The van der Waals surface area contributed by atoms with E-state index < -0.39 is 87.8 Å². The van der Waals surface area contributed by atoms with Crippen LogP contribution in [0.5, 0.6) is 11.8 Å². The first-order valence-electron chi connectivity index (χ1n) is 20.8. The highest BCUT2D eigenvalue weighted by atomic mass is 32.2. The van der Waals surface area contributed by atoms with E-state index in [0.717, 1.165) is 57.9 Å². The SMILES string of the molecule is NC(CSc1cc(O)n(CC(CC(=O)NCCSCC(=O)N(CC2CNCC2F)C(c2nc(-c3cc(F)ccc3F)cn2Cc2ccccc2)C2CCOCC2)S(=O)(=O)O)c1O)C(=O)O. The molecule has 0 spiro atoms. The molecule has 17 nitrogen and oxygen atoms in total. The maximum absolute atomic E-state index is 15.4. The van der Waals surface area contributed by atoms with E-state index in [1.165, 1.54) is 0 Å². The van der Waals surface area contributed by atoms with Crippen LogP contribution < -0.4 is 16.4 Å². The standard InChI is InChI=1S/C42H52F3N7O10S3/c43-28-6-7-31(44)30(14-28)34-22-50(19-25-4-2-1-3-5-25)40(49-34)39(26-8-11-62-12-9-26)51(20-27-17-47-18-32(27)45)38(55)24-63-13-10-48-36(53)15-29(65(59,60)61)21-52-37(54)16-35(41(52)56)64-23-33(46)42(57)58/h1-7,14,16,22,26-27,29,32-33,39,47,54,56H,8-13,15,17-21,23-24,46H2,(H,48,53)(H,57,58)(H,59,60,61). The molecule has 2 fully saturated rings. The number of nitrogens with one attached hydrogen (secondary N) is 2. The summed E-state index contributed by atoms with van der Waals surface area (Å²) in [5.41, 5.74) is 6.48. The van der Waals surface area contributed by atoms with Gasteiger partial charge in [0.2, 0.25) is 17.7 Å². The molecular weight excluding hydrogens is 916 g/mol. The number of nitrogens with zero attached hydrogens (tertiary/aromatic N) is 4. The highest BCUT2D eigenvalue weighted by Crippen LogP contribution is 2.39. The Balaban J connectivity index is 1.18. The number of rotatable bonds is 22. The number of nitrogens with two attached hydrogens (primary N) is 1. The molecule has 2 aliphatic heterocycles. The number of aromatic nitrogens is 3. The Morgan fingerprint density at radius 1 is 1.08 bits per heavy atom. The van der Waals surface area contributed by atoms with Gasteiger partial charge in [0, 0.05) is 94.2 Å². The molecule has 5 unspecified atom stereocenters. The van der Waals surface area contributed by atoms with Crippen LogP contribution in [-0.4, -0.2) is 139 Å². The number of benzene rings is 2. The summed E-state index contributed by atoms with van der Waals surface area (Å²) in [4.78, 5) is 45.2. The van der Waals surface area contributed by atoms with Crippen LogP contribution in [0, 0.1) is 23.5 Å². The first kappa shape index (κ1) is 49.6. The second-order valence-corrected chi connectivity index (χ2v) is 19.8. The second-order valence-electron chi connectivity index (χ2n) is 15.9. The van der Waals surface area contributed by atoms with Crippen molar-refractivity contribution >= 4 is 51.4 Å². The van der Waals surface area contributed by atoms with Gasteiger partial charge in [-0.2, -0.15) is 20.2 Å². The number of alkyl halides is 1. The van der Waals surface area contributed by atoms with Crippen LogP contribution in [0.4, 0.5) is 13.2 Å². The van der Waals surface area contributed by atoms with E-state index in [2.05, 4.69) is 10.6 Å². The molecule has 65 heavy (non-hydrogen) atoms. The Morgan fingerprint density at radius 3 is 2.49 bits per heavy atom. The molecule has 2 aliphatic rings. The van der Waals surface area contributed by atoms with Gasteiger partial charge in [0.1, 0.15) is 34.9 Å². The molecule has 2 aromatic carbocycles. The van der Waals surface area contributed by atoms with Crippen LogP contribution in [0.2, 0.25) is 0 Å². The summed E-state index contributed by atoms with van der Waals surface area (Å²) in [5.74, 6) is -5.51. The molecule has 0 radical (unpaired) electrons. The summed E-state index contributed by atoms with van der Waals surface area (Å²) in [6.45, 7) is 0.762. The molecule has 23 heteroatoms. The zero-order chi connectivity index (χ0) is 46.8. The first-order valence-corrected chi connectivity index (χ1v) is 24.5. The number of imidazole rings is 1. The highest BCUT2D eigenvalue weighted by molar-refractivity contribution is 8.00. The molecule has 0 saturated carbocycles. The summed E-state index contributed by atoms with van der Waals surface area (Å²) in [6, 6.07) is 11.6. The van der Waals surface area contributed by atoms with E-state index in [1.807, 2.05) is 34.9 Å². The lowest BCUT2D eigenvalue weighted by Gasteiger charge is -2.40. The van der Waals surface area contributed by atoms with Crippen LogP contribution in [0.15, 0.2) is 65.7 Å². The van der Waals surface area contributed by atoms with Gasteiger partial charge in [-0.05, 0) is 42.5 Å². The smallest absolute Gasteiger partial charge is 0.321 e. The van der Waals surface area contributed by atoms with Crippen molar-refractivity contribution in [3.63, 3.8) is 0 Å². The van der Waals surface area contributed by atoms with Gasteiger partial charge in [0.25, 0.3) is 10.1 Å². The molecule has 0 aliphatic carbocycles. The summed E-state index contributed by atoms with van der Waals surface area (Å²) < 4.78 is 88.1. The van der Waals surface area contributed by atoms with E-state index in [4.69, 9.17) is 20.6 Å². The molecule has 8 N–H and O–H groups in total. The van der Waals surface area contributed by atoms with Gasteiger partial charge in [-0.3, -0.25) is 23.5 Å². The van der Waals surface area contributed by atoms with Crippen molar-refractivity contribution in [1.29, 1.82) is 0 Å². The summed E-state index contributed by atoms with van der Waals surface area (Å²) in [6.07, 6.45) is 0.685. The van der Waals surface area contributed by atoms with E-state index in [9.17, 15) is 42.0 Å². The fraction of sp³-hybridized carbons (Fsp3) is 0.476. The molecule has 4 heterocycles. The molecule has 354 valence electrons. The van der Waals surface area contributed by atoms with Crippen molar-refractivity contribution in [1.82, 2.24) is 29.7 Å². The molecule has 5 atom stereocenters. The molecule has 2 saturated heterocycles. The van der Waals surface area contributed by atoms with Crippen LogP contribution in [0.3, 0.4) is 0 Å². The topological polar surface area (TPSA) is 252 Å². The van der Waals surface area contributed by atoms with E-state index in [0.29, 0.717) is 38.4 Å². The Bertz CT molecular complexity index is 2390. The zero-order valence-corrected chi connectivity index (χ0v) is 37.5. The van der Waals surface area contributed by atoms with Gasteiger partial charge < -0.3 is 45.9 Å². The number of hydrogen-bond donors (Lipinski definition) is 7. The number of carboxylic acid groups (broad SMARTS) is 1. The van der Waals surface area contributed by atoms with Crippen molar-refractivity contribution in [2.24, 2.45) is 17.6 Å². The van der Waals surface area contributed by atoms with Gasteiger partial charge in [-0.25, -0.2) is 18.2 Å². The van der Waals surface area contributed by atoms with Gasteiger partial charge in [0.15, 0.2) is 5.88 Å². The average Bonchev–Trinajstić information content (AvgIpc) is 3.95. The van der Waals surface area contributed by atoms with Crippen LogP contribution >= 0.6 is 23.5 Å². The molecule has 4 aromatic rings. The average molecular weight is 968 g/mol. The fourth-order valence-corrected chi connectivity index (χ4v) is 10.2. The van der Waals surface area contributed by atoms with Crippen LogP contribution in [-0.2, 0) is 42.3 Å². The lowest BCUT2D eigenvalue weighted by Crippen LogP contribution is -2.46. The lowest BCUT2D eigenvalue weighted by atomic mass is 9.88. The Hall–Kier alpha value is -4.78. The van der Waals surface area contributed by atoms with Crippen molar-refractivity contribution in [2.75, 3.05) is 56.7 Å². The molecular formula is C42H52F3N7O10S3. The third-order valence-corrected chi connectivity index (χ3v) is 14.5. The lowest BCUT2D eigenvalue weighted by molar-refractivity contribution is -0.138. The van der Waals surface area contributed by atoms with E-state index >= 15 is 8.78 Å². The highest BCUT2D eigenvalue weighted by Gasteiger charge is 2.40. The minimum atomic E-state index is -4.91. The normalized spacial score (nSPS) is 18.3. The number of ether oxygens (including phenoxy) is 1. The largest absolute Gasteiger partial charge is 0.494 e. The molecule has 2 aromatic heterocycles. The maximum atomic E-state index is 15.4. The number of carbonyl (C=O) groups excluding carboxylic acids is 2. The Morgan fingerprint density at radius 2 is 1.82 bits per heavy atom. The zero-order valence-electron chi connectivity index (χ0n) is 35.1. The number of thioether (sulfide) groups is 2.